The average molecular weight is 338 g/mol. The van der Waals surface area contributed by atoms with E-state index in [0.29, 0.717) is 12.1 Å². The molecule has 0 saturated heterocycles. The minimum absolute atomic E-state index is 0. The number of hydrogen-bond donors (Lipinski definition) is 1. The summed E-state index contributed by atoms with van der Waals surface area (Å²) in [6.45, 7) is 2.45. The summed E-state index contributed by atoms with van der Waals surface area (Å²) >= 11 is 0. The van der Waals surface area contributed by atoms with Crippen LogP contribution in [0.4, 0.5) is 5.69 Å². The molecule has 0 amide bonds. The van der Waals surface area contributed by atoms with Gasteiger partial charge < -0.3 is 5.32 Å². The molecule has 1 aromatic heterocycles. The van der Waals surface area contributed by atoms with Gasteiger partial charge in [-0.1, -0.05) is 29.8 Å². The zero-order chi connectivity index (χ0) is 13.9. The van der Waals surface area contributed by atoms with Crippen molar-refractivity contribution in [3.05, 3.63) is 70.8 Å². The molecule has 4 nitrogen and oxygen atoms in total. The van der Waals surface area contributed by atoms with Gasteiger partial charge in [0.05, 0.1) is 23.9 Å². The highest BCUT2D eigenvalue weighted by Gasteiger charge is 2.02. The summed E-state index contributed by atoms with van der Waals surface area (Å²) in [6, 6.07) is 15.4. The number of aromatic nitrogens is 2. The minimum atomic E-state index is -0.0322. The molecule has 0 aliphatic heterocycles. The number of rotatable bonds is 3. The second-order valence-corrected chi connectivity index (χ2v) is 4.74. The molecule has 0 unspecified atom stereocenters. The van der Waals surface area contributed by atoms with E-state index in [2.05, 4.69) is 10.3 Å². The van der Waals surface area contributed by atoms with Gasteiger partial charge in [0.1, 0.15) is 0 Å². The minimum Gasteiger partial charge on any atom is -0.367 e. The maximum atomic E-state index is 12.3. The van der Waals surface area contributed by atoms with Crippen LogP contribution in [0.5, 0.6) is 0 Å². The SMILES string of the molecule is Cc1ccc(NCn2cnc3ccccc3c2=O)cc1.Cl.Cl. The third-order valence-electron chi connectivity index (χ3n) is 3.24. The van der Waals surface area contributed by atoms with E-state index in [4.69, 9.17) is 0 Å². The van der Waals surface area contributed by atoms with E-state index in [0.717, 1.165) is 11.2 Å². The van der Waals surface area contributed by atoms with E-state index in [1.165, 1.54) is 5.56 Å². The van der Waals surface area contributed by atoms with Gasteiger partial charge in [-0.05, 0) is 31.2 Å². The summed E-state index contributed by atoms with van der Waals surface area (Å²) in [7, 11) is 0. The van der Waals surface area contributed by atoms with Gasteiger partial charge in [0.25, 0.3) is 5.56 Å². The van der Waals surface area contributed by atoms with Crippen LogP contribution in [0.2, 0.25) is 0 Å². The van der Waals surface area contributed by atoms with E-state index >= 15 is 0 Å². The van der Waals surface area contributed by atoms with Crippen molar-refractivity contribution < 1.29 is 0 Å². The fourth-order valence-electron chi connectivity index (χ4n) is 2.07. The van der Waals surface area contributed by atoms with Crippen LogP contribution in [0.1, 0.15) is 5.56 Å². The van der Waals surface area contributed by atoms with Crippen molar-refractivity contribution in [1.82, 2.24) is 9.55 Å². The molecule has 0 radical (unpaired) electrons. The number of nitrogens with one attached hydrogen (secondary N) is 1. The van der Waals surface area contributed by atoms with Gasteiger partial charge in [-0.2, -0.15) is 0 Å². The van der Waals surface area contributed by atoms with Crippen molar-refractivity contribution in [2.75, 3.05) is 5.32 Å². The number of aryl methyl sites for hydroxylation is 1. The number of para-hydroxylation sites is 1. The molecule has 3 aromatic rings. The molecule has 1 heterocycles. The Kier molecular flexibility index (Phi) is 6.40. The highest BCUT2D eigenvalue weighted by atomic mass is 35.5. The predicted octanol–water partition coefficient (Wildman–Crippen LogP) is 3.62. The lowest BCUT2D eigenvalue weighted by Gasteiger charge is -2.09. The Labute approximate surface area is 141 Å². The highest BCUT2D eigenvalue weighted by molar-refractivity contribution is 5.85. The highest BCUT2D eigenvalue weighted by Crippen LogP contribution is 2.09. The van der Waals surface area contributed by atoms with Gasteiger partial charge in [-0.25, -0.2) is 4.98 Å². The Hall–Kier alpha value is -2.04. The normalized spacial score (nSPS) is 9.68. The molecule has 0 aliphatic carbocycles. The lowest BCUT2D eigenvalue weighted by Crippen LogP contribution is -2.24. The fraction of sp³-hybridized carbons (Fsp3) is 0.125. The standard InChI is InChI=1S/C16H15N3O.2ClH/c1-12-6-8-13(9-7-12)17-10-19-11-18-15-5-3-2-4-14(15)16(19)20;;/h2-9,11,17H,10H2,1H3;2*1H. The Bertz CT molecular complexity index is 800. The van der Waals surface area contributed by atoms with Crippen LogP contribution in [0.15, 0.2) is 59.7 Å². The van der Waals surface area contributed by atoms with Crippen LogP contribution in [0.3, 0.4) is 0 Å². The van der Waals surface area contributed by atoms with Gasteiger partial charge in [0.15, 0.2) is 0 Å². The number of nitrogens with zero attached hydrogens (tertiary/aromatic N) is 2. The second-order valence-electron chi connectivity index (χ2n) is 4.74. The van der Waals surface area contributed by atoms with Crippen molar-refractivity contribution >= 4 is 41.4 Å². The zero-order valence-electron chi connectivity index (χ0n) is 12.0. The van der Waals surface area contributed by atoms with Gasteiger partial charge in [0, 0.05) is 5.69 Å². The number of fused-ring (bicyclic) bond motifs is 1. The average Bonchev–Trinajstić information content (AvgIpc) is 2.49. The molecule has 3 rings (SSSR count). The Morgan fingerprint density at radius 1 is 1.05 bits per heavy atom. The van der Waals surface area contributed by atoms with Gasteiger partial charge in [0.2, 0.25) is 0 Å². The first-order valence-electron chi connectivity index (χ1n) is 6.49. The molecule has 2 aromatic carbocycles. The van der Waals surface area contributed by atoms with E-state index in [1.807, 2.05) is 49.4 Å². The first kappa shape index (κ1) is 18.0. The summed E-state index contributed by atoms with van der Waals surface area (Å²) in [6.07, 6.45) is 1.58. The fourth-order valence-corrected chi connectivity index (χ4v) is 2.07. The predicted molar refractivity (Wildman–Crippen MR) is 95.3 cm³/mol. The number of benzene rings is 2. The van der Waals surface area contributed by atoms with E-state index in [-0.39, 0.29) is 30.4 Å². The van der Waals surface area contributed by atoms with Crippen LogP contribution in [0.25, 0.3) is 10.9 Å². The summed E-state index contributed by atoms with van der Waals surface area (Å²) < 4.78 is 1.57. The van der Waals surface area contributed by atoms with Crippen LogP contribution < -0.4 is 10.9 Å². The molecule has 6 heteroatoms. The van der Waals surface area contributed by atoms with Crippen LogP contribution in [-0.4, -0.2) is 9.55 Å². The van der Waals surface area contributed by atoms with Gasteiger partial charge in [-0.3, -0.25) is 9.36 Å². The van der Waals surface area contributed by atoms with Crippen LogP contribution in [-0.2, 0) is 6.67 Å². The molecule has 0 bridgehead atoms. The van der Waals surface area contributed by atoms with Crippen molar-refractivity contribution in [3.63, 3.8) is 0 Å². The summed E-state index contributed by atoms with van der Waals surface area (Å²) in [5.74, 6) is 0. The van der Waals surface area contributed by atoms with E-state index in [1.54, 1.807) is 17.0 Å². The number of halogens is 2. The first-order chi connectivity index (χ1) is 9.74. The Morgan fingerprint density at radius 2 is 1.73 bits per heavy atom. The second kappa shape index (κ2) is 7.82. The van der Waals surface area contributed by atoms with Gasteiger partial charge in [-0.15, -0.1) is 24.8 Å². The quantitative estimate of drug-likeness (QED) is 0.793. The molecular weight excluding hydrogens is 321 g/mol. The maximum Gasteiger partial charge on any atom is 0.262 e. The Balaban J connectivity index is 0.00000121. The summed E-state index contributed by atoms with van der Waals surface area (Å²) in [5.41, 5.74) is 2.88. The lowest BCUT2D eigenvalue weighted by molar-refractivity contribution is 0.729. The van der Waals surface area contributed by atoms with Crippen LogP contribution >= 0.6 is 24.8 Å². The Morgan fingerprint density at radius 3 is 2.45 bits per heavy atom. The molecular formula is C16H17Cl2N3O. The van der Waals surface area contributed by atoms with Crippen molar-refractivity contribution in [1.29, 1.82) is 0 Å². The largest absolute Gasteiger partial charge is 0.367 e. The summed E-state index contributed by atoms with van der Waals surface area (Å²) in [4.78, 5) is 16.6. The molecule has 0 saturated carbocycles. The van der Waals surface area contributed by atoms with Crippen molar-refractivity contribution in [2.45, 2.75) is 13.6 Å². The van der Waals surface area contributed by atoms with Crippen LogP contribution in [0, 0.1) is 6.92 Å². The smallest absolute Gasteiger partial charge is 0.262 e. The first-order valence-corrected chi connectivity index (χ1v) is 6.49. The monoisotopic (exact) mass is 337 g/mol. The zero-order valence-corrected chi connectivity index (χ0v) is 13.7. The van der Waals surface area contributed by atoms with Crippen molar-refractivity contribution in [2.24, 2.45) is 0 Å². The molecule has 116 valence electrons. The third kappa shape index (κ3) is 3.78. The maximum absolute atomic E-state index is 12.3. The molecule has 0 spiro atoms. The molecule has 0 fully saturated rings. The molecule has 0 aliphatic rings. The molecule has 1 N–H and O–H groups in total. The molecule has 22 heavy (non-hydrogen) atoms. The van der Waals surface area contributed by atoms with Crippen molar-refractivity contribution in [3.8, 4) is 0 Å². The van der Waals surface area contributed by atoms with E-state index < -0.39 is 0 Å². The number of hydrogen-bond acceptors (Lipinski definition) is 3. The number of anilines is 1. The lowest BCUT2D eigenvalue weighted by atomic mass is 10.2. The molecule has 0 atom stereocenters. The summed E-state index contributed by atoms with van der Waals surface area (Å²) in [5, 5.41) is 3.86. The third-order valence-corrected chi connectivity index (χ3v) is 3.24. The topological polar surface area (TPSA) is 46.9 Å². The van der Waals surface area contributed by atoms with Gasteiger partial charge >= 0.3 is 0 Å². The van der Waals surface area contributed by atoms with E-state index in [9.17, 15) is 4.79 Å².